The molecule has 1 atom stereocenters. The highest BCUT2D eigenvalue weighted by Gasteiger charge is 2.38. The number of benzene rings is 1. The number of nitro groups is 1. The van der Waals surface area contributed by atoms with E-state index in [9.17, 15) is 20.0 Å². The minimum Gasteiger partial charge on any atom is -0.388 e. The third-order valence-corrected chi connectivity index (χ3v) is 4.56. The molecule has 1 aliphatic rings. The van der Waals surface area contributed by atoms with Gasteiger partial charge in [-0.2, -0.15) is 0 Å². The second kappa shape index (κ2) is 6.28. The summed E-state index contributed by atoms with van der Waals surface area (Å²) in [4.78, 5) is 23.0. The molecule has 6 nitrogen and oxygen atoms in total. The van der Waals surface area contributed by atoms with Crippen LogP contribution in [-0.4, -0.2) is 28.1 Å². The summed E-state index contributed by atoms with van der Waals surface area (Å²) >= 11 is 0. The summed E-state index contributed by atoms with van der Waals surface area (Å²) in [6.45, 7) is 5.98. The normalized spacial score (nSPS) is 23.3. The first kappa shape index (κ1) is 17.4. The summed E-state index contributed by atoms with van der Waals surface area (Å²) in [6, 6.07) is 4.54. The van der Waals surface area contributed by atoms with Crippen molar-refractivity contribution in [2.45, 2.75) is 52.1 Å². The molecule has 1 aromatic carbocycles. The van der Waals surface area contributed by atoms with Gasteiger partial charge in [0.05, 0.1) is 10.5 Å². The van der Waals surface area contributed by atoms with E-state index >= 15 is 0 Å². The highest BCUT2D eigenvalue weighted by molar-refractivity contribution is 5.99. The van der Waals surface area contributed by atoms with Crippen molar-refractivity contribution in [1.82, 2.24) is 5.32 Å². The molecule has 0 aromatic heterocycles. The van der Waals surface area contributed by atoms with Crippen LogP contribution in [0, 0.1) is 22.5 Å². The summed E-state index contributed by atoms with van der Waals surface area (Å²) in [6.07, 6.45) is 3.19. The molecule has 1 amide bonds. The van der Waals surface area contributed by atoms with Crippen LogP contribution in [0.1, 0.15) is 55.5 Å². The molecule has 126 valence electrons. The molecule has 1 aromatic rings. The lowest BCUT2D eigenvalue weighted by atomic mass is 9.70. The molecule has 0 bridgehead atoms. The maximum absolute atomic E-state index is 12.4. The molecule has 0 saturated heterocycles. The molecule has 0 heterocycles. The van der Waals surface area contributed by atoms with Crippen LogP contribution >= 0.6 is 0 Å². The zero-order chi connectivity index (χ0) is 17.3. The Balaban J connectivity index is 2.13. The summed E-state index contributed by atoms with van der Waals surface area (Å²) in [5.41, 5.74) is -0.511. The van der Waals surface area contributed by atoms with Crippen molar-refractivity contribution in [2.24, 2.45) is 5.41 Å². The molecule has 1 aliphatic carbocycles. The molecular formula is C17H24N2O4. The third-order valence-electron chi connectivity index (χ3n) is 4.56. The second-order valence-corrected chi connectivity index (χ2v) is 7.33. The van der Waals surface area contributed by atoms with Crippen molar-refractivity contribution in [3.8, 4) is 0 Å². The van der Waals surface area contributed by atoms with Gasteiger partial charge in [-0.25, -0.2) is 0 Å². The van der Waals surface area contributed by atoms with Crippen LogP contribution in [-0.2, 0) is 0 Å². The van der Waals surface area contributed by atoms with Gasteiger partial charge in [-0.3, -0.25) is 14.9 Å². The number of aliphatic hydroxyl groups is 1. The standard InChI is InChI=1S/C17H24N2O4/c1-12-6-4-7-13(19(22)23)14(12)15(20)18-11-17(21)9-5-8-16(2,3)10-17/h4,6-7,21H,5,8-11H2,1-3H3,(H,18,20). The Morgan fingerprint density at radius 2 is 2.09 bits per heavy atom. The molecule has 0 spiro atoms. The Kier molecular flexibility index (Phi) is 4.75. The first-order valence-corrected chi connectivity index (χ1v) is 7.88. The van der Waals surface area contributed by atoms with E-state index in [4.69, 9.17) is 0 Å². The number of rotatable bonds is 4. The Morgan fingerprint density at radius 1 is 1.39 bits per heavy atom. The number of nitro benzene ring substituents is 1. The Morgan fingerprint density at radius 3 is 2.70 bits per heavy atom. The Bertz CT molecular complexity index is 627. The fourth-order valence-electron chi connectivity index (χ4n) is 3.55. The lowest BCUT2D eigenvalue weighted by molar-refractivity contribution is -0.385. The molecular weight excluding hydrogens is 296 g/mol. The first-order valence-electron chi connectivity index (χ1n) is 7.88. The second-order valence-electron chi connectivity index (χ2n) is 7.33. The molecule has 6 heteroatoms. The van der Waals surface area contributed by atoms with Gasteiger partial charge in [0.25, 0.3) is 11.6 Å². The quantitative estimate of drug-likeness (QED) is 0.659. The van der Waals surface area contributed by atoms with E-state index < -0.39 is 16.4 Å². The zero-order valence-corrected chi connectivity index (χ0v) is 13.9. The van der Waals surface area contributed by atoms with Crippen LogP contribution in [0.3, 0.4) is 0 Å². The van der Waals surface area contributed by atoms with Gasteiger partial charge < -0.3 is 10.4 Å². The van der Waals surface area contributed by atoms with Gasteiger partial charge in [0.1, 0.15) is 5.56 Å². The van der Waals surface area contributed by atoms with Crippen molar-refractivity contribution < 1.29 is 14.8 Å². The predicted octanol–water partition coefficient (Wildman–Crippen LogP) is 2.96. The van der Waals surface area contributed by atoms with Crippen LogP contribution < -0.4 is 5.32 Å². The highest BCUT2D eigenvalue weighted by Crippen LogP contribution is 2.40. The number of carbonyl (C=O) groups is 1. The van der Waals surface area contributed by atoms with E-state index in [1.807, 2.05) is 0 Å². The van der Waals surface area contributed by atoms with Crippen molar-refractivity contribution in [3.63, 3.8) is 0 Å². The van der Waals surface area contributed by atoms with Gasteiger partial charge in [0.2, 0.25) is 0 Å². The van der Waals surface area contributed by atoms with Crippen molar-refractivity contribution in [3.05, 3.63) is 39.4 Å². The van der Waals surface area contributed by atoms with E-state index in [0.29, 0.717) is 18.4 Å². The highest BCUT2D eigenvalue weighted by atomic mass is 16.6. The van der Waals surface area contributed by atoms with E-state index in [0.717, 1.165) is 12.8 Å². The SMILES string of the molecule is Cc1cccc([N+](=O)[O-])c1C(=O)NCC1(O)CCCC(C)(C)C1. The van der Waals surface area contributed by atoms with E-state index in [-0.39, 0.29) is 23.2 Å². The van der Waals surface area contributed by atoms with Crippen LogP contribution in [0.4, 0.5) is 5.69 Å². The summed E-state index contributed by atoms with van der Waals surface area (Å²) in [5.74, 6) is -0.508. The number of nitrogens with one attached hydrogen (secondary N) is 1. The minimum atomic E-state index is -0.950. The van der Waals surface area contributed by atoms with Gasteiger partial charge >= 0.3 is 0 Å². The van der Waals surface area contributed by atoms with Crippen molar-refractivity contribution >= 4 is 11.6 Å². The number of hydrogen-bond donors (Lipinski definition) is 2. The zero-order valence-electron chi connectivity index (χ0n) is 13.9. The lowest BCUT2D eigenvalue weighted by Crippen LogP contribution is -2.48. The lowest BCUT2D eigenvalue weighted by Gasteiger charge is -2.41. The van der Waals surface area contributed by atoms with Crippen molar-refractivity contribution in [1.29, 1.82) is 0 Å². The van der Waals surface area contributed by atoms with Crippen LogP contribution in [0.5, 0.6) is 0 Å². The molecule has 0 aliphatic heterocycles. The number of aryl methyl sites for hydroxylation is 1. The van der Waals surface area contributed by atoms with Gasteiger partial charge in [-0.1, -0.05) is 26.0 Å². The van der Waals surface area contributed by atoms with Gasteiger partial charge in [-0.05, 0) is 43.6 Å². The fraction of sp³-hybridized carbons (Fsp3) is 0.588. The maximum atomic E-state index is 12.4. The Hall–Kier alpha value is -1.95. The predicted molar refractivity (Wildman–Crippen MR) is 87.4 cm³/mol. The monoisotopic (exact) mass is 320 g/mol. The minimum absolute atomic E-state index is 0.0341. The molecule has 1 saturated carbocycles. The smallest absolute Gasteiger partial charge is 0.282 e. The van der Waals surface area contributed by atoms with Gasteiger partial charge in [0.15, 0.2) is 0 Å². The molecule has 2 N–H and O–H groups in total. The summed E-state index contributed by atoms with van der Waals surface area (Å²) in [7, 11) is 0. The Labute approximate surface area is 136 Å². The molecule has 1 fully saturated rings. The number of nitrogens with zero attached hydrogens (tertiary/aromatic N) is 1. The van der Waals surface area contributed by atoms with E-state index in [2.05, 4.69) is 19.2 Å². The molecule has 0 radical (unpaired) electrons. The van der Waals surface area contributed by atoms with Gasteiger partial charge in [-0.15, -0.1) is 0 Å². The molecule has 1 unspecified atom stereocenters. The summed E-state index contributed by atoms with van der Waals surface area (Å²) < 4.78 is 0. The number of hydrogen-bond acceptors (Lipinski definition) is 4. The number of carbonyl (C=O) groups excluding carboxylic acids is 1. The largest absolute Gasteiger partial charge is 0.388 e. The van der Waals surface area contributed by atoms with Gasteiger partial charge in [0, 0.05) is 12.6 Å². The van der Waals surface area contributed by atoms with Crippen LogP contribution in [0.15, 0.2) is 18.2 Å². The van der Waals surface area contributed by atoms with Crippen LogP contribution in [0.25, 0.3) is 0 Å². The fourth-order valence-corrected chi connectivity index (χ4v) is 3.55. The maximum Gasteiger partial charge on any atom is 0.282 e. The van der Waals surface area contributed by atoms with Crippen molar-refractivity contribution in [2.75, 3.05) is 6.54 Å². The first-order chi connectivity index (χ1) is 10.6. The molecule has 23 heavy (non-hydrogen) atoms. The van der Waals surface area contributed by atoms with E-state index in [1.54, 1.807) is 19.1 Å². The third kappa shape index (κ3) is 4.07. The molecule has 2 rings (SSSR count). The topological polar surface area (TPSA) is 92.5 Å². The average molecular weight is 320 g/mol. The average Bonchev–Trinajstić information content (AvgIpc) is 2.43. The number of amides is 1. The van der Waals surface area contributed by atoms with Crippen LogP contribution in [0.2, 0.25) is 0 Å². The summed E-state index contributed by atoms with van der Waals surface area (Å²) in [5, 5.41) is 24.5. The van der Waals surface area contributed by atoms with E-state index in [1.165, 1.54) is 6.07 Å².